The summed E-state index contributed by atoms with van der Waals surface area (Å²) in [6.45, 7) is 8.95. The number of nitrogens with zero attached hydrogens (tertiary/aromatic N) is 3. The number of fused-ring (bicyclic) bond motifs is 2. The Kier molecular flexibility index (Phi) is 8.33. The lowest BCUT2D eigenvalue weighted by molar-refractivity contribution is -0.383. The normalized spacial score (nSPS) is 15.8. The van der Waals surface area contributed by atoms with Crippen LogP contribution in [0, 0.1) is 22.0 Å². The molecule has 2 aliphatic rings. The fourth-order valence-corrected chi connectivity index (χ4v) is 8.27. The molecule has 0 radical (unpaired) electrons. The number of nitro groups is 1. The number of nitro benzene ring substituents is 1. The molecule has 0 bridgehead atoms. The van der Waals surface area contributed by atoms with Gasteiger partial charge in [-0.25, -0.2) is 0 Å². The van der Waals surface area contributed by atoms with Crippen molar-refractivity contribution in [2.45, 2.75) is 79.1 Å². The molecule has 0 aromatic heterocycles. The summed E-state index contributed by atoms with van der Waals surface area (Å²) >= 11 is 0. The standard InChI is InChI=1S/C40H41N3O6/c1-5-9-11-22(7-3)20-41-37(44)27-16-13-24-25-14-17-29-34-30(40(47)42(39(29)46)21-23(8-4)12-10-6-2)19-31(43(48)49)35(36(25)34)26-15-18-28(38(41)45)33(27)32(24)26/h13-19,22-23H,5-12,20-21H2,1-4H3. The van der Waals surface area contributed by atoms with Crippen molar-refractivity contribution in [3.63, 3.8) is 0 Å². The maximum absolute atomic E-state index is 14.1. The second-order valence-electron chi connectivity index (χ2n) is 13.8. The molecule has 2 aliphatic heterocycles. The molecular formula is C40H41N3O6. The van der Waals surface area contributed by atoms with Crippen molar-refractivity contribution in [1.82, 2.24) is 9.80 Å². The number of hydrogen-bond donors (Lipinski definition) is 0. The Morgan fingerprint density at radius 2 is 1.00 bits per heavy atom. The summed E-state index contributed by atoms with van der Waals surface area (Å²) in [5, 5.41) is 16.9. The molecule has 2 unspecified atom stereocenters. The molecule has 4 amide bonds. The van der Waals surface area contributed by atoms with E-state index in [1.165, 1.54) is 15.9 Å². The maximum Gasteiger partial charge on any atom is 0.278 e. The van der Waals surface area contributed by atoms with Crippen molar-refractivity contribution < 1.29 is 24.1 Å². The molecule has 0 aliphatic carbocycles. The van der Waals surface area contributed by atoms with Crippen LogP contribution in [0.4, 0.5) is 5.69 Å². The van der Waals surface area contributed by atoms with E-state index in [4.69, 9.17) is 0 Å². The summed E-state index contributed by atoms with van der Waals surface area (Å²) in [5.74, 6) is -1.30. The van der Waals surface area contributed by atoms with Gasteiger partial charge in [-0.05, 0) is 64.4 Å². The van der Waals surface area contributed by atoms with E-state index in [0.717, 1.165) is 51.4 Å². The zero-order valence-corrected chi connectivity index (χ0v) is 28.6. The van der Waals surface area contributed by atoms with E-state index in [1.54, 1.807) is 30.3 Å². The van der Waals surface area contributed by atoms with Crippen LogP contribution in [-0.4, -0.2) is 51.4 Å². The number of benzene rings is 5. The third-order valence-corrected chi connectivity index (χ3v) is 11.0. The molecule has 5 aromatic carbocycles. The Labute approximate surface area is 284 Å². The SMILES string of the molecule is CCCCC(CC)CN1C(=O)c2ccc3c4ccc5c6c(cc([N+](=O)[O-])c(c7ccc(c2c37)C1=O)c64)C(=O)N(CC(CC)CCCC)C5=O. The van der Waals surface area contributed by atoms with Gasteiger partial charge < -0.3 is 0 Å². The number of unbranched alkanes of at least 4 members (excludes halogenated alkanes) is 2. The van der Waals surface area contributed by atoms with E-state index in [-0.39, 0.29) is 41.4 Å². The zero-order valence-electron chi connectivity index (χ0n) is 28.6. The summed E-state index contributed by atoms with van der Waals surface area (Å²) in [4.78, 5) is 71.0. The number of carbonyl (C=O) groups is 4. The van der Waals surface area contributed by atoms with Crippen LogP contribution in [0.15, 0.2) is 42.5 Å². The first-order valence-electron chi connectivity index (χ1n) is 17.8. The van der Waals surface area contributed by atoms with E-state index >= 15 is 0 Å². The van der Waals surface area contributed by atoms with Crippen LogP contribution < -0.4 is 0 Å². The van der Waals surface area contributed by atoms with Crippen LogP contribution >= 0.6 is 0 Å². The highest BCUT2D eigenvalue weighted by Gasteiger charge is 2.39. The Hall–Kier alpha value is -4.92. The zero-order chi connectivity index (χ0) is 34.7. The predicted octanol–water partition coefficient (Wildman–Crippen LogP) is 9.27. The number of hydrogen-bond acceptors (Lipinski definition) is 6. The number of amides is 4. The summed E-state index contributed by atoms with van der Waals surface area (Å²) < 4.78 is 0. The molecular weight excluding hydrogens is 618 g/mol. The minimum Gasteiger partial charge on any atom is -0.274 e. The second-order valence-corrected chi connectivity index (χ2v) is 13.8. The molecule has 5 aromatic rings. The molecule has 0 N–H and O–H groups in total. The molecule has 7 rings (SSSR count). The van der Waals surface area contributed by atoms with Gasteiger partial charge in [-0.2, -0.15) is 0 Å². The van der Waals surface area contributed by atoms with Crippen molar-refractivity contribution >= 4 is 72.4 Å². The monoisotopic (exact) mass is 659 g/mol. The molecule has 2 atom stereocenters. The first-order valence-corrected chi connectivity index (χ1v) is 17.8. The van der Waals surface area contributed by atoms with Crippen LogP contribution in [0.5, 0.6) is 0 Å². The van der Waals surface area contributed by atoms with E-state index in [1.807, 2.05) is 13.0 Å². The van der Waals surface area contributed by atoms with Gasteiger partial charge >= 0.3 is 0 Å². The lowest BCUT2D eigenvalue weighted by atomic mass is 9.81. The van der Waals surface area contributed by atoms with Crippen molar-refractivity contribution in [3.05, 3.63) is 74.8 Å². The van der Waals surface area contributed by atoms with Gasteiger partial charge in [0.05, 0.1) is 15.9 Å². The summed E-state index contributed by atoms with van der Waals surface area (Å²) in [5.41, 5.74) is 1.04. The lowest BCUT2D eigenvalue weighted by Gasteiger charge is -2.32. The quantitative estimate of drug-likeness (QED) is 0.0409. The van der Waals surface area contributed by atoms with Crippen molar-refractivity contribution in [1.29, 1.82) is 0 Å². The number of non-ortho nitro benzene ring substituents is 1. The first kappa shape index (κ1) is 32.6. The molecule has 0 fully saturated rings. The number of imide groups is 2. The van der Waals surface area contributed by atoms with E-state index in [0.29, 0.717) is 66.3 Å². The van der Waals surface area contributed by atoms with Crippen LogP contribution in [0.2, 0.25) is 0 Å². The Balaban J connectivity index is 1.45. The first-order chi connectivity index (χ1) is 23.7. The second kappa shape index (κ2) is 12.5. The summed E-state index contributed by atoms with van der Waals surface area (Å²) in [6, 6.07) is 11.8. The minimum absolute atomic E-state index is 0.134. The largest absolute Gasteiger partial charge is 0.278 e. The third-order valence-electron chi connectivity index (χ3n) is 11.0. The fraction of sp³-hybridized carbons (Fsp3) is 0.400. The summed E-state index contributed by atoms with van der Waals surface area (Å²) in [6.07, 6.45) is 7.53. The van der Waals surface area contributed by atoms with Gasteiger partial charge in [-0.3, -0.25) is 39.1 Å². The molecule has 9 heteroatoms. The van der Waals surface area contributed by atoms with Gasteiger partial charge in [0.15, 0.2) is 0 Å². The van der Waals surface area contributed by atoms with Crippen LogP contribution in [0.1, 0.15) is 120 Å². The fourth-order valence-electron chi connectivity index (χ4n) is 8.27. The van der Waals surface area contributed by atoms with Gasteiger partial charge in [0.1, 0.15) is 0 Å². The van der Waals surface area contributed by atoms with E-state index in [2.05, 4.69) is 20.8 Å². The van der Waals surface area contributed by atoms with Gasteiger partial charge in [0.2, 0.25) is 0 Å². The van der Waals surface area contributed by atoms with Crippen molar-refractivity contribution in [3.8, 4) is 0 Å². The molecule has 9 nitrogen and oxygen atoms in total. The number of rotatable bonds is 13. The average Bonchev–Trinajstić information content (AvgIpc) is 3.11. The van der Waals surface area contributed by atoms with Crippen LogP contribution in [-0.2, 0) is 0 Å². The Bertz CT molecular complexity index is 2200. The highest BCUT2D eigenvalue weighted by atomic mass is 16.6. The van der Waals surface area contributed by atoms with Gasteiger partial charge in [0.25, 0.3) is 29.3 Å². The van der Waals surface area contributed by atoms with Gasteiger partial charge in [-0.15, -0.1) is 0 Å². The Morgan fingerprint density at radius 1 is 0.571 bits per heavy atom. The average molecular weight is 660 g/mol. The topological polar surface area (TPSA) is 118 Å². The van der Waals surface area contributed by atoms with E-state index < -0.39 is 16.7 Å². The summed E-state index contributed by atoms with van der Waals surface area (Å²) in [7, 11) is 0. The van der Waals surface area contributed by atoms with Crippen molar-refractivity contribution in [2.75, 3.05) is 13.1 Å². The smallest absolute Gasteiger partial charge is 0.274 e. The molecule has 2 heterocycles. The van der Waals surface area contributed by atoms with Gasteiger partial charge in [0, 0.05) is 52.0 Å². The number of carbonyl (C=O) groups excluding carboxylic acids is 4. The lowest BCUT2D eigenvalue weighted by Crippen LogP contribution is -2.43. The molecule has 0 saturated heterocycles. The van der Waals surface area contributed by atoms with Crippen molar-refractivity contribution in [2.24, 2.45) is 11.8 Å². The third kappa shape index (κ3) is 4.88. The van der Waals surface area contributed by atoms with Crippen LogP contribution in [0.3, 0.4) is 0 Å². The molecule has 49 heavy (non-hydrogen) atoms. The molecule has 0 saturated carbocycles. The molecule has 0 spiro atoms. The van der Waals surface area contributed by atoms with E-state index in [9.17, 15) is 29.3 Å². The van der Waals surface area contributed by atoms with Crippen LogP contribution in [0.25, 0.3) is 43.1 Å². The molecule has 252 valence electrons. The minimum atomic E-state index is -0.518. The highest BCUT2D eigenvalue weighted by Crippen LogP contribution is 2.49. The predicted molar refractivity (Wildman–Crippen MR) is 192 cm³/mol. The Morgan fingerprint density at radius 3 is 1.45 bits per heavy atom. The maximum atomic E-state index is 14.1. The van der Waals surface area contributed by atoms with Gasteiger partial charge in [-0.1, -0.05) is 84.4 Å². The highest BCUT2D eigenvalue weighted by molar-refractivity contribution is 6.42.